The van der Waals surface area contributed by atoms with Crippen LogP contribution in [-0.4, -0.2) is 34.6 Å². The summed E-state index contributed by atoms with van der Waals surface area (Å²) in [7, 11) is 2.11. The molecule has 2 aromatic rings. The van der Waals surface area contributed by atoms with E-state index < -0.39 is 0 Å². The van der Waals surface area contributed by atoms with Crippen LogP contribution in [0.5, 0.6) is 0 Å². The highest BCUT2D eigenvalue weighted by molar-refractivity contribution is 5.78. The van der Waals surface area contributed by atoms with Crippen LogP contribution in [0.2, 0.25) is 0 Å². The van der Waals surface area contributed by atoms with Crippen molar-refractivity contribution in [2.75, 3.05) is 25.9 Å². The average Bonchev–Trinajstić information content (AvgIpc) is 2.62. The number of anilines is 1. The number of hydrogen-bond donors (Lipinski definition) is 1. The summed E-state index contributed by atoms with van der Waals surface area (Å²) in [5.41, 5.74) is 8.00. The summed E-state index contributed by atoms with van der Waals surface area (Å²) in [6, 6.07) is 8.05. The lowest BCUT2D eigenvalue weighted by Gasteiger charge is -2.14. The van der Waals surface area contributed by atoms with E-state index in [1.165, 1.54) is 0 Å². The summed E-state index contributed by atoms with van der Waals surface area (Å²) in [5.74, 6) is 0.603. The van der Waals surface area contributed by atoms with Crippen molar-refractivity contribution in [2.24, 2.45) is 0 Å². The van der Waals surface area contributed by atoms with Crippen molar-refractivity contribution in [3.63, 3.8) is 0 Å². The minimum Gasteiger partial charge on any atom is -0.369 e. The van der Waals surface area contributed by atoms with Gasteiger partial charge in [0, 0.05) is 13.1 Å². The van der Waals surface area contributed by atoms with Gasteiger partial charge < -0.3 is 15.2 Å². The maximum Gasteiger partial charge on any atom is 0.201 e. The molecule has 4 nitrogen and oxygen atoms in total. The zero-order valence-electron chi connectivity index (χ0n) is 9.85. The monoisotopic (exact) mass is 218 g/mol. The number of likely N-dealkylation sites (N-methyl/N-ethyl adjacent to an activating group) is 1. The third-order valence-electron chi connectivity index (χ3n) is 2.93. The molecule has 0 spiro atoms. The first kappa shape index (κ1) is 11.0. The molecule has 1 aromatic carbocycles. The zero-order valence-corrected chi connectivity index (χ0v) is 9.85. The number of para-hydroxylation sites is 2. The molecular formula is C12H18N4. The van der Waals surface area contributed by atoms with Gasteiger partial charge in [-0.25, -0.2) is 4.98 Å². The first-order valence-corrected chi connectivity index (χ1v) is 5.61. The quantitative estimate of drug-likeness (QED) is 0.847. The van der Waals surface area contributed by atoms with Crippen molar-refractivity contribution < 1.29 is 0 Å². The molecule has 0 radical (unpaired) electrons. The number of fused-ring (bicyclic) bond motifs is 1. The second kappa shape index (κ2) is 4.53. The SMILES string of the molecule is CCN(C)CCn1c(N)nc2ccccc21. The summed E-state index contributed by atoms with van der Waals surface area (Å²) < 4.78 is 2.07. The van der Waals surface area contributed by atoms with Crippen molar-refractivity contribution in [1.82, 2.24) is 14.5 Å². The van der Waals surface area contributed by atoms with E-state index in [-0.39, 0.29) is 0 Å². The Morgan fingerprint density at radius 1 is 1.38 bits per heavy atom. The molecule has 0 aliphatic carbocycles. The molecular weight excluding hydrogens is 200 g/mol. The van der Waals surface area contributed by atoms with Crippen molar-refractivity contribution >= 4 is 17.0 Å². The van der Waals surface area contributed by atoms with E-state index in [2.05, 4.69) is 34.5 Å². The van der Waals surface area contributed by atoms with Gasteiger partial charge in [-0.3, -0.25) is 0 Å². The first-order chi connectivity index (χ1) is 7.72. The number of rotatable bonds is 4. The molecule has 2 N–H and O–H groups in total. The Hall–Kier alpha value is -1.55. The number of aromatic nitrogens is 2. The fourth-order valence-corrected chi connectivity index (χ4v) is 1.76. The molecule has 0 bridgehead atoms. The molecule has 0 aliphatic heterocycles. The molecule has 0 aliphatic rings. The molecule has 1 aromatic heterocycles. The van der Waals surface area contributed by atoms with Crippen LogP contribution < -0.4 is 5.73 Å². The normalized spacial score (nSPS) is 11.4. The van der Waals surface area contributed by atoms with Crippen molar-refractivity contribution in [3.8, 4) is 0 Å². The summed E-state index contributed by atoms with van der Waals surface area (Å²) in [4.78, 5) is 6.60. The van der Waals surface area contributed by atoms with Crippen LogP contribution in [0.15, 0.2) is 24.3 Å². The van der Waals surface area contributed by atoms with Crippen molar-refractivity contribution in [2.45, 2.75) is 13.5 Å². The Kier molecular flexibility index (Phi) is 3.10. The second-order valence-electron chi connectivity index (χ2n) is 4.01. The average molecular weight is 218 g/mol. The minimum atomic E-state index is 0.603. The van der Waals surface area contributed by atoms with Gasteiger partial charge in [-0.15, -0.1) is 0 Å². The van der Waals surface area contributed by atoms with Crippen LogP contribution in [0.4, 0.5) is 5.95 Å². The van der Waals surface area contributed by atoms with Crippen LogP contribution in [-0.2, 0) is 6.54 Å². The number of nitrogens with two attached hydrogens (primary N) is 1. The van der Waals surface area contributed by atoms with Gasteiger partial charge in [0.15, 0.2) is 0 Å². The van der Waals surface area contributed by atoms with Crippen molar-refractivity contribution in [3.05, 3.63) is 24.3 Å². The summed E-state index contributed by atoms with van der Waals surface area (Å²) in [5, 5.41) is 0. The molecule has 1 heterocycles. The first-order valence-electron chi connectivity index (χ1n) is 5.61. The molecule has 86 valence electrons. The van der Waals surface area contributed by atoms with E-state index in [9.17, 15) is 0 Å². The number of imidazole rings is 1. The number of benzene rings is 1. The molecule has 0 fully saturated rings. The van der Waals surface area contributed by atoms with Gasteiger partial charge in [-0.05, 0) is 25.7 Å². The minimum absolute atomic E-state index is 0.603. The Morgan fingerprint density at radius 3 is 2.88 bits per heavy atom. The fraction of sp³-hybridized carbons (Fsp3) is 0.417. The van der Waals surface area contributed by atoms with E-state index in [4.69, 9.17) is 5.73 Å². The van der Waals surface area contributed by atoms with Gasteiger partial charge in [-0.1, -0.05) is 19.1 Å². The van der Waals surface area contributed by atoms with Crippen LogP contribution in [0.3, 0.4) is 0 Å². The lowest BCUT2D eigenvalue weighted by atomic mass is 10.3. The zero-order chi connectivity index (χ0) is 11.5. The van der Waals surface area contributed by atoms with Crippen LogP contribution in [0.1, 0.15) is 6.92 Å². The molecule has 0 atom stereocenters. The molecule has 4 heteroatoms. The van der Waals surface area contributed by atoms with E-state index in [0.29, 0.717) is 5.95 Å². The molecule has 0 saturated heterocycles. The van der Waals surface area contributed by atoms with E-state index in [1.54, 1.807) is 0 Å². The van der Waals surface area contributed by atoms with Gasteiger partial charge >= 0.3 is 0 Å². The van der Waals surface area contributed by atoms with E-state index in [1.807, 2.05) is 18.2 Å². The topological polar surface area (TPSA) is 47.1 Å². The standard InChI is InChI=1S/C12H18N4/c1-3-15(2)8-9-16-11-7-5-4-6-10(11)14-12(16)13/h4-7H,3,8-9H2,1-2H3,(H2,13,14). The Balaban J connectivity index is 2.26. The number of nitrogens with zero attached hydrogens (tertiary/aromatic N) is 3. The summed E-state index contributed by atoms with van der Waals surface area (Å²) >= 11 is 0. The molecule has 0 saturated carbocycles. The maximum atomic E-state index is 5.91. The Morgan fingerprint density at radius 2 is 2.12 bits per heavy atom. The number of nitrogen functional groups attached to an aromatic ring is 1. The third-order valence-corrected chi connectivity index (χ3v) is 2.93. The molecule has 16 heavy (non-hydrogen) atoms. The van der Waals surface area contributed by atoms with Gasteiger partial charge in [0.2, 0.25) is 5.95 Å². The lowest BCUT2D eigenvalue weighted by molar-refractivity contribution is 0.338. The second-order valence-corrected chi connectivity index (χ2v) is 4.01. The Bertz CT molecular complexity index is 475. The number of hydrogen-bond acceptors (Lipinski definition) is 3. The third kappa shape index (κ3) is 2.02. The summed E-state index contributed by atoms with van der Waals surface area (Å²) in [6.07, 6.45) is 0. The van der Waals surface area contributed by atoms with Crippen LogP contribution in [0.25, 0.3) is 11.0 Å². The Labute approximate surface area is 95.7 Å². The van der Waals surface area contributed by atoms with Gasteiger partial charge in [0.05, 0.1) is 11.0 Å². The lowest BCUT2D eigenvalue weighted by Crippen LogP contribution is -2.23. The highest BCUT2D eigenvalue weighted by Crippen LogP contribution is 2.16. The smallest absolute Gasteiger partial charge is 0.201 e. The predicted molar refractivity (Wildman–Crippen MR) is 67.3 cm³/mol. The van der Waals surface area contributed by atoms with Gasteiger partial charge in [0.25, 0.3) is 0 Å². The largest absolute Gasteiger partial charge is 0.369 e. The highest BCUT2D eigenvalue weighted by Gasteiger charge is 2.07. The van der Waals surface area contributed by atoms with Crippen LogP contribution in [0, 0.1) is 0 Å². The van der Waals surface area contributed by atoms with Gasteiger partial charge in [0.1, 0.15) is 0 Å². The molecule has 0 amide bonds. The molecule has 2 rings (SSSR count). The predicted octanol–water partition coefficient (Wildman–Crippen LogP) is 1.57. The van der Waals surface area contributed by atoms with Gasteiger partial charge in [-0.2, -0.15) is 0 Å². The summed E-state index contributed by atoms with van der Waals surface area (Å²) in [6.45, 7) is 5.07. The maximum absolute atomic E-state index is 5.91. The van der Waals surface area contributed by atoms with E-state index >= 15 is 0 Å². The molecule has 0 unspecified atom stereocenters. The van der Waals surface area contributed by atoms with E-state index in [0.717, 1.165) is 30.7 Å². The van der Waals surface area contributed by atoms with Crippen LogP contribution >= 0.6 is 0 Å². The van der Waals surface area contributed by atoms with Crippen molar-refractivity contribution in [1.29, 1.82) is 0 Å². The fourth-order valence-electron chi connectivity index (χ4n) is 1.76. The highest BCUT2D eigenvalue weighted by atomic mass is 15.2.